The molecule has 0 saturated carbocycles. The maximum atomic E-state index is 13.5. The molecule has 0 amide bonds. The molecule has 1 aromatic carbocycles. The van der Waals surface area contributed by atoms with Crippen LogP contribution in [0.25, 0.3) is 0 Å². The van der Waals surface area contributed by atoms with Gasteiger partial charge in [-0.15, -0.1) is 0 Å². The molecule has 0 spiro atoms. The van der Waals surface area contributed by atoms with Crippen molar-refractivity contribution in [1.29, 1.82) is 0 Å². The molecule has 2 nitrogen and oxygen atoms in total. The van der Waals surface area contributed by atoms with E-state index in [4.69, 9.17) is 0 Å². The van der Waals surface area contributed by atoms with Crippen molar-refractivity contribution in [2.75, 3.05) is 0 Å². The smallest absolute Gasteiger partial charge is 0.180 e. The normalized spacial score (nSPS) is 10.5. The molecule has 0 fully saturated rings. The minimum atomic E-state index is -0.612. The molecule has 1 aromatic heterocycles. The number of aromatic nitrogens is 1. The quantitative estimate of drug-likeness (QED) is 0.789. The number of nitrogens with zero attached hydrogens (tertiary/aromatic N) is 1. The second-order valence-electron chi connectivity index (χ2n) is 3.83. The zero-order valence-electron chi connectivity index (χ0n) is 10.2. The van der Waals surface area contributed by atoms with Gasteiger partial charge in [-0.3, -0.25) is 9.78 Å². The summed E-state index contributed by atoms with van der Waals surface area (Å²) in [4.78, 5) is 16.4. The van der Waals surface area contributed by atoms with Crippen LogP contribution in [0.2, 0.25) is 0 Å². The van der Waals surface area contributed by atoms with Crippen LogP contribution < -0.4 is 0 Å². The fraction of sp³-hybridized carbons (Fsp3) is 0.143. The number of rotatable bonds is 4. The zero-order chi connectivity index (χ0) is 13.8. The first-order valence-corrected chi connectivity index (χ1v) is 6.54. The highest BCUT2D eigenvalue weighted by atomic mass is 32.2. The van der Waals surface area contributed by atoms with E-state index in [-0.39, 0.29) is 5.78 Å². The Kier molecular flexibility index (Phi) is 4.27. The fourth-order valence-electron chi connectivity index (χ4n) is 1.47. The van der Waals surface area contributed by atoms with Crippen LogP contribution in [0.3, 0.4) is 0 Å². The van der Waals surface area contributed by atoms with Crippen LogP contribution >= 0.6 is 11.8 Å². The number of hydrogen-bond acceptors (Lipinski definition) is 3. The second kappa shape index (κ2) is 5.93. The lowest BCUT2D eigenvalue weighted by atomic mass is 10.2. The van der Waals surface area contributed by atoms with Crippen molar-refractivity contribution in [3.05, 3.63) is 53.9 Å². The van der Waals surface area contributed by atoms with Crippen LogP contribution in [0.5, 0.6) is 0 Å². The van der Waals surface area contributed by atoms with E-state index in [9.17, 15) is 13.6 Å². The van der Waals surface area contributed by atoms with Crippen LogP contribution in [0.1, 0.15) is 23.8 Å². The third kappa shape index (κ3) is 3.38. The number of Topliss-reactive ketones (excluding diaryl/α,β-unsaturated/α-hetero) is 1. The molecule has 0 bridgehead atoms. The first-order valence-electron chi connectivity index (χ1n) is 5.72. The molecule has 0 aliphatic rings. The number of halogens is 2. The molecule has 2 rings (SSSR count). The average Bonchev–Trinajstić information content (AvgIpc) is 2.42. The third-order valence-electron chi connectivity index (χ3n) is 2.46. The summed E-state index contributed by atoms with van der Waals surface area (Å²) in [6.45, 7) is 1.76. The van der Waals surface area contributed by atoms with Gasteiger partial charge in [0.15, 0.2) is 5.78 Å². The van der Waals surface area contributed by atoms with Gasteiger partial charge in [0, 0.05) is 28.5 Å². The molecule has 5 heteroatoms. The van der Waals surface area contributed by atoms with Crippen LogP contribution in [0, 0.1) is 11.6 Å². The highest BCUT2D eigenvalue weighted by molar-refractivity contribution is 7.99. The summed E-state index contributed by atoms with van der Waals surface area (Å²) >= 11 is 1.14. The summed E-state index contributed by atoms with van der Waals surface area (Å²) in [7, 11) is 0. The summed E-state index contributed by atoms with van der Waals surface area (Å²) in [6, 6.07) is 6.72. The predicted octanol–water partition coefficient (Wildman–Crippen LogP) is 4.10. The van der Waals surface area contributed by atoms with Crippen molar-refractivity contribution >= 4 is 17.5 Å². The van der Waals surface area contributed by atoms with E-state index < -0.39 is 11.6 Å². The predicted molar refractivity (Wildman–Crippen MR) is 69.3 cm³/mol. The summed E-state index contributed by atoms with van der Waals surface area (Å²) in [5.74, 6) is -1.26. The largest absolute Gasteiger partial charge is 0.292 e. The summed E-state index contributed by atoms with van der Waals surface area (Å²) in [5.41, 5.74) is 0.395. The van der Waals surface area contributed by atoms with Gasteiger partial charge < -0.3 is 0 Å². The van der Waals surface area contributed by atoms with E-state index in [2.05, 4.69) is 4.98 Å². The summed E-state index contributed by atoms with van der Waals surface area (Å²) < 4.78 is 26.2. The Labute approximate surface area is 113 Å². The van der Waals surface area contributed by atoms with Gasteiger partial charge in [0.05, 0.1) is 0 Å². The average molecular weight is 279 g/mol. The van der Waals surface area contributed by atoms with Crippen LogP contribution in [0.15, 0.2) is 46.3 Å². The maximum Gasteiger partial charge on any atom is 0.180 e. The number of ketones is 1. The molecule has 98 valence electrons. The lowest BCUT2D eigenvalue weighted by Crippen LogP contribution is -1.99. The van der Waals surface area contributed by atoms with E-state index in [0.717, 1.165) is 17.8 Å². The van der Waals surface area contributed by atoms with Crippen LogP contribution in [-0.2, 0) is 0 Å². The number of hydrogen-bond donors (Lipinski definition) is 0. The van der Waals surface area contributed by atoms with Gasteiger partial charge in [-0.1, -0.05) is 18.7 Å². The molecule has 19 heavy (non-hydrogen) atoms. The van der Waals surface area contributed by atoms with E-state index in [1.165, 1.54) is 18.3 Å². The molecule has 2 aromatic rings. The zero-order valence-corrected chi connectivity index (χ0v) is 11.0. The number of pyridine rings is 1. The van der Waals surface area contributed by atoms with Crippen molar-refractivity contribution < 1.29 is 13.6 Å². The molecular weight excluding hydrogens is 268 g/mol. The molecule has 0 saturated heterocycles. The Bertz CT molecular complexity index is 599. The van der Waals surface area contributed by atoms with E-state index in [0.29, 0.717) is 21.9 Å². The van der Waals surface area contributed by atoms with Gasteiger partial charge in [-0.25, -0.2) is 8.78 Å². The van der Waals surface area contributed by atoms with E-state index in [1.807, 2.05) is 0 Å². The van der Waals surface area contributed by atoms with Crippen molar-refractivity contribution in [2.24, 2.45) is 0 Å². The second-order valence-corrected chi connectivity index (χ2v) is 4.95. The van der Waals surface area contributed by atoms with Crippen molar-refractivity contribution in [2.45, 2.75) is 23.1 Å². The van der Waals surface area contributed by atoms with Gasteiger partial charge in [0.1, 0.15) is 17.3 Å². The highest BCUT2D eigenvalue weighted by Gasteiger charge is 2.08. The van der Waals surface area contributed by atoms with Crippen molar-refractivity contribution in [1.82, 2.24) is 4.98 Å². The number of carbonyl (C=O) groups excluding carboxylic acids is 1. The Morgan fingerprint density at radius 3 is 2.63 bits per heavy atom. The maximum absolute atomic E-state index is 13.5. The summed E-state index contributed by atoms with van der Waals surface area (Å²) in [6.07, 6.45) is 1.91. The molecule has 0 radical (unpaired) electrons. The van der Waals surface area contributed by atoms with Gasteiger partial charge in [0.25, 0.3) is 0 Å². The van der Waals surface area contributed by atoms with E-state index in [1.54, 1.807) is 19.1 Å². The van der Waals surface area contributed by atoms with Crippen molar-refractivity contribution in [3.63, 3.8) is 0 Å². The Balaban J connectivity index is 2.17. The Hall–Kier alpha value is -1.75. The molecule has 0 atom stereocenters. The van der Waals surface area contributed by atoms with Crippen LogP contribution in [-0.4, -0.2) is 10.8 Å². The lowest BCUT2D eigenvalue weighted by Gasteiger charge is -2.04. The van der Waals surface area contributed by atoms with Gasteiger partial charge in [0.2, 0.25) is 0 Å². The first kappa shape index (κ1) is 13.7. The fourth-order valence-corrected chi connectivity index (χ4v) is 2.26. The molecule has 0 unspecified atom stereocenters. The van der Waals surface area contributed by atoms with E-state index >= 15 is 0 Å². The van der Waals surface area contributed by atoms with Gasteiger partial charge >= 0.3 is 0 Å². The molecule has 0 aliphatic heterocycles. The topological polar surface area (TPSA) is 30.0 Å². The minimum absolute atomic E-state index is 0.0375. The number of benzene rings is 1. The molecular formula is C14H11F2NOS. The van der Waals surface area contributed by atoms with Crippen molar-refractivity contribution in [3.8, 4) is 0 Å². The SMILES string of the molecule is CCC(=O)c1ccc(Sc2ccc(F)cc2F)cn1. The Morgan fingerprint density at radius 1 is 1.26 bits per heavy atom. The van der Waals surface area contributed by atoms with Gasteiger partial charge in [-0.05, 0) is 24.3 Å². The van der Waals surface area contributed by atoms with Crippen LogP contribution in [0.4, 0.5) is 8.78 Å². The monoisotopic (exact) mass is 279 g/mol. The minimum Gasteiger partial charge on any atom is -0.292 e. The molecule has 1 heterocycles. The molecule has 0 N–H and O–H groups in total. The summed E-state index contributed by atoms with van der Waals surface area (Å²) in [5, 5.41) is 0. The first-order chi connectivity index (χ1) is 9.10. The number of carbonyl (C=O) groups is 1. The third-order valence-corrected chi connectivity index (χ3v) is 3.49. The standard InChI is InChI=1S/C14H11F2NOS/c1-2-13(18)12-5-4-10(8-17-12)19-14-6-3-9(15)7-11(14)16/h3-8H,2H2,1H3. The lowest BCUT2D eigenvalue weighted by molar-refractivity contribution is 0.0983. The van der Waals surface area contributed by atoms with Gasteiger partial charge in [-0.2, -0.15) is 0 Å². The highest BCUT2D eigenvalue weighted by Crippen LogP contribution is 2.29. The molecule has 0 aliphatic carbocycles. The Morgan fingerprint density at radius 2 is 2.05 bits per heavy atom.